The summed E-state index contributed by atoms with van der Waals surface area (Å²) in [4.78, 5) is 35.1. The van der Waals surface area contributed by atoms with Crippen LogP contribution >= 0.6 is 11.6 Å². The van der Waals surface area contributed by atoms with Crippen LogP contribution in [0.2, 0.25) is 5.02 Å². The lowest BCUT2D eigenvalue weighted by molar-refractivity contribution is -0.384. The molecule has 1 aromatic rings. The Bertz CT molecular complexity index is 661. The molecule has 7 nitrogen and oxygen atoms in total. The number of carbonyl (C=O) groups excluding carboxylic acids is 2. The molecule has 2 atom stereocenters. The Morgan fingerprint density at radius 3 is 2.16 bits per heavy atom. The molecule has 0 radical (unpaired) electrons. The molecule has 0 saturated carbocycles. The first-order chi connectivity index (χ1) is 11.5. The minimum atomic E-state index is -0.747. The molecule has 0 fully saturated rings. The van der Waals surface area contributed by atoms with Crippen LogP contribution in [-0.4, -0.2) is 28.8 Å². The summed E-state index contributed by atoms with van der Waals surface area (Å²) >= 11 is 5.75. The fraction of sp³-hybridized carbons (Fsp3) is 0.529. The van der Waals surface area contributed by atoms with Crippen LogP contribution in [0, 0.1) is 22.0 Å². The highest BCUT2D eigenvalue weighted by molar-refractivity contribution is 6.32. The predicted octanol–water partition coefficient (Wildman–Crippen LogP) is 3.16. The summed E-state index contributed by atoms with van der Waals surface area (Å²) in [7, 11) is 0. The number of nitrogens with zero attached hydrogens (tertiary/aromatic N) is 1. The molecule has 0 saturated heterocycles. The van der Waals surface area contributed by atoms with Crippen molar-refractivity contribution < 1.29 is 14.5 Å². The highest BCUT2D eigenvalue weighted by Crippen LogP contribution is 2.25. The van der Waals surface area contributed by atoms with Crippen LogP contribution in [0.25, 0.3) is 0 Å². The number of carbonyl (C=O) groups is 2. The Morgan fingerprint density at radius 2 is 1.68 bits per heavy atom. The average Bonchev–Trinajstić information content (AvgIpc) is 2.51. The van der Waals surface area contributed by atoms with Gasteiger partial charge in [-0.05, 0) is 30.9 Å². The Kier molecular flexibility index (Phi) is 7.36. The largest absolute Gasteiger partial charge is 0.352 e. The summed E-state index contributed by atoms with van der Waals surface area (Å²) in [5, 5.41) is 16.4. The molecule has 8 heteroatoms. The lowest BCUT2D eigenvalue weighted by Crippen LogP contribution is -2.52. The van der Waals surface area contributed by atoms with Crippen molar-refractivity contribution in [1.82, 2.24) is 10.6 Å². The second-order valence-corrected chi connectivity index (χ2v) is 7.07. The quantitative estimate of drug-likeness (QED) is 0.569. The second-order valence-electron chi connectivity index (χ2n) is 6.66. The summed E-state index contributed by atoms with van der Waals surface area (Å²) in [5.41, 5.74) is -0.278. The van der Waals surface area contributed by atoms with E-state index in [-0.39, 0.29) is 40.1 Å². The maximum atomic E-state index is 12.4. The number of benzene rings is 1. The lowest BCUT2D eigenvalue weighted by Gasteiger charge is -2.25. The molecule has 0 aliphatic carbocycles. The number of nitro groups is 1. The van der Waals surface area contributed by atoms with E-state index < -0.39 is 16.9 Å². The third kappa shape index (κ3) is 5.70. The number of halogens is 1. The molecule has 25 heavy (non-hydrogen) atoms. The summed E-state index contributed by atoms with van der Waals surface area (Å²) in [6.07, 6.45) is 0. The Labute approximate surface area is 152 Å². The van der Waals surface area contributed by atoms with Gasteiger partial charge in [0.05, 0.1) is 4.92 Å². The number of hydrogen-bond acceptors (Lipinski definition) is 4. The van der Waals surface area contributed by atoms with Crippen LogP contribution in [0.15, 0.2) is 18.2 Å². The van der Waals surface area contributed by atoms with E-state index in [0.29, 0.717) is 0 Å². The first-order valence-corrected chi connectivity index (χ1v) is 8.47. The van der Waals surface area contributed by atoms with E-state index in [1.807, 2.05) is 34.6 Å². The molecular weight excluding hydrogens is 346 g/mol. The van der Waals surface area contributed by atoms with Gasteiger partial charge in [0.25, 0.3) is 11.6 Å². The number of amides is 2. The SMILES string of the molecule is CC(C)C(C)NC(=O)C(NC(=O)c1ccc(Cl)c([N+](=O)[O-])c1)C(C)C. The van der Waals surface area contributed by atoms with E-state index in [1.54, 1.807) is 0 Å². The first kappa shape index (κ1) is 20.9. The molecule has 0 aliphatic rings. The van der Waals surface area contributed by atoms with Gasteiger partial charge < -0.3 is 10.6 Å². The minimum Gasteiger partial charge on any atom is -0.352 e. The molecule has 0 heterocycles. The third-order valence-corrected chi connectivity index (χ3v) is 4.33. The van der Waals surface area contributed by atoms with Crippen molar-refractivity contribution >= 4 is 29.1 Å². The van der Waals surface area contributed by atoms with E-state index in [2.05, 4.69) is 10.6 Å². The second kappa shape index (κ2) is 8.80. The molecule has 2 amide bonds. The van der Waals surface area contributed by atoms with Gasteiger partial charge in [-0.25, -0.2) is 0 Å². The fourth-order valence-electron chi connectivity index (χ4n) is 2.03. The summed E-state index contributed by atoms with van der Waals surface area (Å²) in [6.45, 7) is 9.50. The minimum absolute atomic E-state index is 0.0396. The molecule has 0 bridgehead atoms. The number of nitro benzene ring substituents is 1. The fourth-order valence-corrected chi connectivity index (χ4v) is 2.22. The molecule has 2 N–H and O–H groups in total. The van der Waals surface area contributed by atoms with E-state index in [1.165, 1.54) is 12.1 Å². The Morgan fingerprint density at radius 1 is 1.08 bits per heavy atom. The zero-order valence-corrected chi connectivity index (χ0v) is 15.8. The summed E-state index contributed by atoms with van der Waals surface area (Å²) < 4.78 is 0. The maximum absolute atomic E-state index is 12.4. The zero-order valence-electron chi connectivity index (χ0n) is 15.0. The maximum Gasteiger partial charge on any atom is 0.288 e. The van der Waals surface area contributed by atoms with Gasteiger partial charge in [0, 0.05) is 17.7 Å². The summed E-state index contributed by atoms with van der Waals surface area (Å²) in [6, 6.07) is 2.99. The van der Waals surface area contributed by atoms with Crippen LogP contribution in [0.3, 0.4) is 0 Å². The van der Waals surface area contributed by atoms with E-state index >= 15 is 0 Å². The standard InChI is InChI=1S/C17H24ClN3O4/c1-9(2)11(5)19-17(23)15(10(3)4)20-16(22)12-6-7-13(18)14(8-12)21(24)25/h6-11,15H,1-5H3,(H,19,23)(H,20,22). The molecule has 1 aromatic carbocycles. The average molecular weight is 370 g/mol. The Hall–Kier alpha value is -2.15. The molecular formula is C17H24ClN3O4. The molecule has 138 valence electrons. The van der Waals surface area contributed by atoms with E-state index in [4.69, 9.17) is 11.6 Å². The van der Waals surface area contributed by atoms with Crippen LogP contribution in [0.5, 0.6) is 0 Å². The molecule has 2 unspecified atom stereocenters. The first-order valence-electron chi connectivity index (χ1n) is 8.09. The van der Waals surface area contributed by atoms with E-state index in [0.717, 1.165) is 6.07 Å². The molecule has 0 aliphatic heterocycles. The van der Waals surface area contributed by atoms with Crippen molar-refractivity contribution in [2.24, 2.45) is 11.8 Å². The van der Waals surface area contributed by atoms with E-state index in [9.17, 15) is 19.7 Å². The van der Waals surface area contributed by atoms with Gasteiger partial charge >= 0.3 is 0 Å². The monoisotopic (exact) mass is 369 g/mol. The summed E-state index contributed by atoms with van der Waals surface area (Å²) in [5.74, 6) is -0.740. The number of hydrogen-bond donors (Lipinski definition) is 2. The molecule has 0 aromatic heterocycles. The van der Waals surface area contributed by atoms with Gasteiger partial charge in [-0.2, -0.15) is 0 Å². The van der Waals surface area contributed by atoms with Crippen molar-refractivity contribution in [2.45, 2.75) is 46.7 Å². The van der Waals surface area contributed by atoms with Gasteiger partial charge in [-0.15, -0.1) is 0 Å². The van der Waals surface area contributed by atoms with Gasteiger partial charge in [0.1, 0.15) is 11.1 Å². The van der Waals surface area contributed by atoms with Gasteiger partial charge in [-0.1, -0.05) is 39.3 Å². The highest BCUT2D eigenvalue weighted by atomic mass is 35.5. The van der Waals surface area contributed by atoms with Crippen molar-refractivity contribution in [2.75, 3.05) is 0 Å². The highest BCUT2D eigenvalue weighted by Gasteiger charge is 2.27. The topological polar surface area (TPSA) is 101 Å². The van der Waals surface area contributed by atoms with Crippen molar-refractivity contribution in [3.05, 3.63) is 38.9 Å². The van der Waals surface area contributed by atoms with Crippen molar-refractivity contribution in [1.29, 1.82) is 0 Å². The molecule has 1 rings (SSSR count). The Balaban J connectivity index is 2.95. The van der Waals surface area contributed by atoms with Gasteiger partial charge in [0.15, 0.2) is 0 Å². The van der Waals surface area contributed by atoms with Crippen LogP contribution < -0.4 is 10.6 Å². The van der Waals surface area contributed by atoms with Gasteiger partial charge in [0.2, 0.25) is 5.91 Å². The number of nitrogens with one attached hydrogen (secondary N) is 2. The third-order valence-electron chi connectivity index (χ3n) is 4.01. The van der Waals surface area contributed by atoms with Gasteiger partial charge in [-0.3, -0.25) is 19.7 Å². The number of rotatable bonds is 7. The lowest BCUT2D eigenvalue weighted by atomic mass is 10.0. The van der Waals surface area contributed by atoms with Crippen molar-refractivity contribution in [3.63, 3.8) is 0 Å². The van der Waals surface area contributed by atoms with Crippen LogP contribution in [0.4, 0.5) is 5.69 Å². The van der Waals surface area contributed by atoms with Crippen molar-refractivity contribution in [3.8, 4) is 0 Å². The zero-order chi connectivity index (χ0) is 19.3. The predicted molar refractivity (Wildman–Crippen MR) is 96.6 cm³/mol. The molecule has 0 spiro atoms. The van der Waals surface area contributed by atoms with Crippen LogP contribution in [0.1, 0.15) is 45.0 Å². The van der Waals surface area contributed by atoms with Crippen LogP contribution in [-0.2, 0) is 4.79 Å². The smallest absolute Gasteiger partial charge is 0.288 e. The normalized spacial score (nSPS) is 13.4.